The molecule has 0 saturated carbocycles. The van der Waals surface area contributed by atoms with Gasteiger partial charge in [0.2, 0.25) is 6.29 Å². The van der Waals surface area contributed by atoms with Crippen molar-refractivity contribution in [1.29, 1.82) is 0 Å². The number of rotatable bonds is 5. The van der Waals surface area contributed by atoms with Crippen molar-refractivity contribution in [3.05, 3.63) is 65.5 Å². The zero-order valence-electron chi connectivity index (χ0n) is 13.3. The second-order valence-corrected chi connectivity index (χ2v) is 5.54. The normalized spacial score (nSPS) is 10.7. The van der Waals surface area contributed by atoms with Crippen molar-refractivity contribution in [2.24, 2.45) is 0 Å². The molecule has 1 aromatic carbocycles. The maximum absolute atomic E-state index is 11.6. The predicted molar refractivity (Wildman–Crippen MR) is 92.4 cm³/mol. The molecule has 0 unspecified atom stereocenters. The number of nitrogens with zero attached hydrogens (tertiary/aromatic N) is 1. The molecule has 0 aliphatic heterocycles. The molecule has 0 atom stereocenters. The molecule has 0 aliphatic carbocycles. The number of nitrogens with one attached hydrogen (secondary N) is 1. The van der Waals surface area contributed by atoms with Gasteiger partial charge in [-0.25, -0.2) is 0 Å². The number of hydrogen-bond acceptors (Lipinski definition) is 3. The highest BCUT2D eigenvalue weighted by Gasteiger charge is 2.20. The maximum atomic E-state index is 11.6. The predicted octanol–water partition coefficient (Wildman–Crippen LogP) is 2.94. The molecule has 3 aromatic rings. The molecule has 1 amide bonds. The quantitative estimate of drug-likeness (QED) is 0.560. The van der Waals surface area contributed by atoms with Gasteiger partial charge in [0.05, 0.1) is 5.69 Å². The fourth-order valence-electron chi connectivity index (χ4n) is 3.05. The number of amides is 1. The monoisotopic (exact) mass is 322 g/mol. The summed E-state index contributed by atoms with van der Waals surface area (Å²) in [5.74, 6) is -0.667. The van der Waals surface area contributed by atoms with Crippen LogP contribution in [0.2, 0.25) is 0 Å². The molecule has 5 nitrogen and oxygen atoms in total. The first kappa shape index (κ1) is 15.8. The van der Waals surface area contributed by atoms with Crippen molar-refractivity contribution in [2.45, 2.75) is 19.8 Å². The summed E-state index contributed by atoms with van der Waals surface area (Å²) in [5.41, 5.74) is 4.03. The number of carbonyl (C=O) groups excluding carboxylic acids is 2. The Labute approximate surface area is 139 Å². The average Bonchev–Trinajstić information content (AvgIpc) is 2.89. The second kappa shape index (κ2) is 6.58. The van der Waals surface area contributed by atoms with Crippen LogP contribution in [0.25, 0.3) is 5.52 Å². The lowest BCUT2D eigenvalue weighted by molar-refractivity contribution is -0.127. The summed E-state index contributed by atoms with van der Waals surface area (Å²) in [5, 5.41) is 12.9. The second-order valence-electron chi connectivity index (χ2n) is 5.54. The first-order chi connectivity index (χ1) is 11.7. The number of hydrogen-bond donors (Lipinski definition) is 2. The third kappa shape index (κ3) is 2.76. The fraction of sp³-hybridized carbons (Fsp3) is 0.158. The summed E-state index contributed by atoms with van der Waals surface area (Å²) in [4.78, 5) is 22.3. The largest absolute Gasteiger partial charge is 0.506 e. The van der Waals surface area contributed by atoms with Gasteiger partial charge in [-0.3, -0.25) is 9.59 Å². The molecule has 5 heteroatoms. The molecule has 0 aliphatic rings. The molecular formula is C19H18N2O3. The first-order valence-corrected chi connectivity index (χ1v) is 7.79. The van der Waals surface area contributed by atoms with E-state index in [0.717, 1.165) is 16.8 Å². The van der Waals surface area contributed by atoms with Crippen LogP contribution in [0.1, 0.15) is 23.7 Å². The van der Waals surface area contributed by atoms with E-state index in [9.17, 15) is 14.7 Å². The molecule has 0 saturated heterocycles. The number of pyridine rings is 1. The minimum absolute atomic E-state index is 0.0627. The maximum Gasteiger partial charge on any atom is 0.288 e. The summed E-state index contributed by atoms with van der Waals surface area (Å²) in [6.45, 7) is 1.98. The summed E-state index contributed by atoms with van der Waals surface area (Å²) in [6.07, 6.45) is 3.41. The van der Waals surface area contributed by atoms with Crippen LogP contribution in [-0.4, -0.2) is 21.7 Å². The Kier molecular flexibility index (Phi) is 4.33. The van der Waals surface area contributed by atoms with E-state index in [-0.39, 0.29) is 12.0 Å². The van der Waals surface area contributed by atoms with E-state index in [2.05, 4.69) is 5.32 Å². The van der Waals surface area contributed by atoms with Crippen LogP contribution >= 0.6 is 0 Å². The summed E-state index contributed by atoms with van der Waals surface area (Å²) >= 11 is 0. The molecule has 0 radical (unpaired) electrons. The van der Waals surface area contributed by atoms with Gasteiger partial charge in [-0.15, -0.1) is 0 Å². The Balaban J connectivity index is 2.22. The van der Waals surface area contributed by atoms with Gasteiger partial charge < -0.3 is 14.8 Å². The molecule has 2 aromatic heterocycles. The van der Waals surface area contributed by atoms with Crippen molar-refractivity contribution < 1.29 is 14.7 Å². The SMILES string of the molecule is CCc1c(NC(=O)C=O)c2c(O)cccn2c1Cc1ccccc1. The van der Waals surface area contributed by atoms with Crippen LogP contribution in [0.5, 0.6) is 5.75 Å². The zero-order valence-corrected chi connectivity index (χ0v) is 13.3. The number of aromatic nitrogens is 1. The van der Waals surface area contributed by atoms with Crippen LogP contribution in [0.4, 0.5) is 5.69 Å². The van der Waals surface area contributed by atoms with Gasteiger partial charge >= 0.3 is 0 Å². The number of fused-ring (bicyclic) bond motifs is 1. The van der Waals surface area contributed by atoms with Crippen LogP contribution in [-0.2, 0) is 22.4 Å². The minimum Gasteiger partial charge on any atom is -0.506 e. The number of aldehydes is 1. The van der Waals surface area contributed by atoms with Crippen LogP contribution in [0.15, 0.2) is 48.7 Å². The third-order valence-electron chi connectivity index (χ3n) is 4.07. The van der Waals surface area contributed by atoms with E-state index >= 15 is 0 Å². The number of benzene rings is 1. The zero-order chi connectivity index (χ0) is 17.1. The lowest BCUT2D eigenvalue weighted by Gasteiger charge is -2.06. The molecule has 0 spiro atoms. The van der Waals surface area contributed by atoms with E-state index in [1.165, 1.54) is 0 Å². The van der Waals surface area contributed by atoms with E-state index in [1.54, 1.807) is 12.1 Å². The van der Waals surface area contributed by atoms with Crippen molar-refractivity contribution in [2.75, 3.05) is 5.32 Å². The van der Waals surface area contributed by atoms with Crippen molar-refractivity contribution in [3.63, 3.8) is 0 Å². The Hall–Kier alpha value is -3.08. The minimum atomic E-state index is -0.730. The third-order valence-corrected chi connectivity index (χ3v) is 4.07. The smallest absolute Gasteiger partial charge is 0.288 e. The van der Waals surface area contributed by atoms with Gasteiger partial charge in [0.25, 0.3) is 5.91 Å². The average molecular weight is 322 g/mol. The Bertz CT molecular complexity index is 898. The molecule has 0 fully saturated rings. The molecule has 24 heavy (non-hydrogen) atoms. The molecular weight excluding hydrogens is 304 g/mol. The van der Waals surface area contributed by atoms with Gasteiger partial charge in [-0.1, -0.05) is 37.3 Å². The lowest BCUT2D eigenvalue weighted by atomic mass is 10.0. The van der Waals surface area contributed by atoms with E-state index in [0.29, 0.717) is 24.0 Å². The van der Waals surface area contributed by atoms with Crippen molar-refractivity contribution in [1.82, 2.24) is 4.40 Å². The van der Waals surface area contributed by atoms with E-state index in [4.69, 9.17) is 0 Å². The number of carbonyl (C=O) groups is 2. The van der Waals surface area contributed by atoms with Gasteiger partial charge in [0.1, 0.15) is 11.3 Å². The fourth-order valence-corrected chi connectivity index (χ4v) is 3.05. The topological polar surface area (TPSA) is 70.8 Å². The van der Waals surface area contributed by atoms with Gasteiger partial charge in [-0.05, 0) is 29.7 Å². The van der Waals surface area contributed by atoms with Gasteiger partial charge in [-0.2, -0.15) is 0 Å². The van der Waals surface area contributed by atoms with Gasteiger partial charge in [0, 0.05) is 18.3 Å². The Morgan fingerprint density at radius 1 is 1.21 bits per heavy atom. The number of aromatic hydroxyl groups is 1. The summed E-state index contributed by atoms with van der Waals surface area (Å²) in [6, 6.07) is 13.3. The molecule has 122 valence electrons. The van der Waals surface area contributed by atoms with Gasteiger partial charge in [0.15, 0.2) is 0 Å². The standard InChI is InChI=1S/C19H18N2O3/c1-2-14-15(11-13-7-4-3-5-8-13)21-10-6-9-16(23)19(21)18(14)20-17(24)12-22/h3-10,12,23H,2,11H2,1H3,(H,20,24). The molecule has 3 rings (SSSR count). The lowest BCUT2D eigenvalue weighted by Crippen LogP contribution is -2.13. The highest BCUT2D eigenvalue weighted by Crippen LogP contribution is 2.35. The Morgan fingerprint density at radius 2 is 1.96 bits per heavy atom. The van der Waals surface area contributed by atoms with E-state index in [1.807, 2.05) is 47.9 Å². The van der Waals surface area contributed by atoms with Crippen LogP contribution < -0.4 is 5.32 Å². The van der Waals surface area contributed by atoms with E-state index < -0.39 is 5.91 Å². The van der Waals surface area contributed by atoms with Crippen molar-refractivity contribution in [3.8, 4) is 5.75 Å². The molecule has 2 heterocycles. The van der Waals surface area contributed by atoms with Crippen LogP contribution in [0.3, 0.4) is 0 Å². The summed E-state index contributed by atoms with van der Waals surface area (Å²) in [7, 11) is 0. The summed E-state index contributed by atoms with van der Waals surface area (Å²) < 4.78 is 1.88. The van der Waals surface area contributed by atoms with Crippen LogP contribution in [0, 0.1) is 0 Å². The molecule has 0 bridgehead atoms. The molecule has 2 N–H and O–H groups in total. The highest BCUT2D eigenvalue weighted by atomic mass is 16.3. The van der Waals surface area contributed by atoms with Crippen molar-refractivity contribution >= 4 is 23.4 Å². The Morgan fingerprint density at radius 3 is 2.62 bits per heavy atom. The first-order valence-electron chi connectivity index (χ1n) is 7.79. The highest BCUT2D eigenvalue weighted by molar-refractivity contribution is 6.30. The number of anilines is 1.